The molecule has 0 fully saturated rings. The Bertz CT molecular complexity index is 335. The van der Waals surface area contributed by atoms with Crippen molar-refractivity contribution in [2.24, 2.45) is 5.73 Å². The molecule has 14 heavy (non-hydrogen) atoms. The van der Waals surface area contributed by atoms with Crippen LogP contribution in [0.15, 0.2) is 30.3 Å². The maximum absolute atomic E-state index is 11.0. The summed E-state index contributed by atoms with van der Waals surface area (Å²) in [6.07, 6.45) is 0. The van der Waals surface area contributed by atoms with Gasteiger partial charge in [0, 0.05) is 6.04 Å². The molecule has 0 saturated carbocycles. The molecule has 0 amide bonds. The lowest BCUT2D eigenvalue weighted by molar-refractivity contribution is 0.352. The Morgan fingerprint density at radius 2 is 1.79 bits per heavy atom. The number of nitrogens with two attached hydrogens (primary N) is 1. The molecule has 0 aromatic heterocycles. The first-order chi connectivity index (χ1) is 6.43. The summed E-state index contributed by atoms with van der Waals surface area (Å²) in [5, 5.41) is 0. The van der Waals surface area contributed by atoms with E-state index in [1.54, 1.807) is 24.3 Å². The first kappa shape index (κ1) is 11.4. The predicted molar refractivity (Wildman–Crippen MR) is 54.9 cm³/mol. The van der Waals surface area contributed by atoms with E-state index in [1.807, 2.05) is 6.07 Å². The van der Waals surface area contributed by atoms with E-state index >= 15 is 0 Å². The molecular formula is C9H14NO3P. The van der Waals surface area contributed by atoms with Gasteiger partial charge in [0.05, 0.1) is 5.66 Å². The number of hydrogen-bond donors (Lipinski definition) is 3. The highest BCUT2D eigenvalue weighted by Gasteiger charge is 2.30. The summed E-state index contributed by atoms with van der Waals surface area (Å²) in [5.74, 6) is 0. The summed E-state index contributed by atoms with van der Waals surface area (Å²) in [6.45, 7) is 1.46. The van der Waals surface area contributed by atoms with Crippen LogP contribution in [0.4, 0.5) is 0 Å². The summed E-state index contributed by atoms with van der Waals surface area (Å²) >= 11 is 0. The lowest BCUT2D eigenvalue weighted by Gasteiger charge is -2.20. The third kappa shape index (κ3) is 2.66. The molecule has 0 heterocycles. The largest absolute Gasteiger partial charge is 0.330 e. The van der Waals surface area contributed by atoms with Crippen LogP contribution in [-0.4, -0.2) is 15.4 Å². The molecule has 0 aliphatic heterocycles. The summed E-state index contributed by atoms with van der Waals surface area (Å²) in [5.41, 5.74) is 5.62. The summed E-state index contributed by atoms with van der Waals surface area (Å²) < 4.78 is 11.0. The molecule has 1 aromatic rings. The van der Waals surface area contributed by atoms with Crippen LogP contribution < -0.4 is 5.73 Å². The minimum Gasteiger partial charge on any atom is -0.324 e. The third-order valence-corrected chi connectivity index (χ3v) is 3.62. The van der Waals surface area contributed by atoms with Crippen molar-refractivity contribution in [3.05, 3.63) is 35.9 Å². The van der Waals surface area contributed by atoms with Gasteiger partial charge in [-0.15, -0.1) is 0 Å². The second-order valence-corrected chi connectivity index (χ2v) is 5.26. The molecule has 5 heteroatoms. The van der Waals surface area contributed by atoms with Gasteiger partial charge < -0.3 is 15.5 Å². The molecule has 4 nitrogen and oxygen atoms in total. The van der Waals surface area contributed by atoms with Crippen molar-refractivity contribution in [3.63, 3.8) is 0 Å². The van der Waals surface area contributed by atoms with Gasteiger partial charge in [-0.2, -0.15) is 0 Å². The maximum Gasteiger partial charge on any atom is 0.330 e. The molecule has 0 radical (unpaired) electrons. The molecule has 78 valence electrons. The fourth-order valence-corrected chi connectivity index (χ4v) is 1.75. The van der Waals surface area contributed by atoms with Crippen molar-refractivity contribution in [3.8, 4) is 0 Å². The normalized spacial score (nSPS) is 16.3. The lowest BCUT2D eigenvalue weighted by atomic mass is 10.1. The number of rotatable bonds is 3. The zero-order valence-corrected chi connectivity index (χ0v) is 8.76. The monoisotopic (exact) mass is 215 g/mol. The molecule has 2 unspecified atom stereocenters. The second kappa shape index (κ2) is 4.24. The van der Waals surface area contributed by atoms with Gasteiger partial charge in [-0.1, -0.05) is 30.3 Å². The van der Waals surface area contributed by atoms with Crippen molar-refractivity contribution in [1.82, 2.24) is 0 Å². The average molecular weight is 215 g/mol. The Balaban J connectivity index is 2.87. The highest BCUT2D eigenvalue weighted by atomic mass is 31.2. The van der Waals surface area contributed by atoms with E-state index in [0.29, 0.717) is 0 Å². The van der Waals surface area contributed by atoms with Gasteiger partial charge in [0.2, 0.25) is 0 Å². The van der Waals surface area contributed by atoms with Crippen LogP contribution >= 0.6 is 7.60 Å². The van der Waals surface area contributed by atoms with Crippen LogP contribution in [0.5, 0.6) is 0 Å². The average Bonchev–Trinajstić information content (AvgIpc) is 2.15. The Kier molecular flexibility index (Phi) is 3.45. The van der Waals surface area contributed by atoms with Crippen molar-refractivity contribution < 1.29 is 14.4 Å². The Morgan fingerprint density at radius 1 is 1.29 bits per heavy atom. The van der Waals surface area contributed by atoms with Gasteiger partial charge in [-0.3, -0.25) is 4.57 Å². The van der Waals surface area contributed by atoms with Crippen molar-refractivity contribution in [2.75, 3.05) is 0 Å². The molecule has 0 spiro atoms. The van der Waals surface area contributed by atoms with Crippen LogP contribution in [0, 0.1) is 0 Å². The van der Waals surface area contributed by atoms with E-state index in [4.69, 9.17) is 15.5 Å². The molecule has 1 aromatic carbocycles. The molecule has 0 aliphatic rings. The highest BCUT2D eigenvalue weighted by molar-refractivity contribution is 7.52. The summed E-state index contributed by atoms with van der Waals surface area (Å²) in [6, 6.07) is 8.31. The zero-order valence-electron chi connectivity index (χ0n) is 7.87. The van der Waals surface area contributed by atoms with Gasteiger partial charge in [0.15, 0.2) is 0 Å². The van der Waals surface area contributed by atoms with Crippen LogP contribution in [0.25, 0.3) is 0 Å². The van der Waals surface area contributed by atoms with E-state index in [1.165, 1.54) is 6.92 Å². The van der Waals surface area contributed by atoms with E-state index in [-0.39, 0.29) is 0 Å². The van der Waals surface area contributed by atoms with Gasteiger partial charge in [0.25, 0.3) is 0 Å². The molecule has 1 rings (SSSR count). The van der Waals surface area contributed by atoms with E-state index in [2.05, 4.69) is 0 Å². The Morgan fingerprint density at radius 3 is 2.21 bits per heavy atom. The number of benzene rings is 1. The topological polar surface area (TPSA) is 83.6 Å². The van der Waals surface area contributed by atoms with Crippen molar-refractivity contribution in [2.45, 2.75) is 18.6 Å². The minimum atomic E-state index is -4.10. The molecular weight excluding hydrogens is 201 g/mol. The standard InChI is InChI=1S/C9H14NO3P/c1-7(14(11,12)13)9(10)8-5-3-2-4-6-8/h2-7,9H,10H2,1H3,(H2,11,12,13). The quantitative estimate of drug-likeness (QED) is 0.662. The second-order valence-electron chi connectivity index (χ2n) is 3.27. The Labute approximate surface area is 82.9 Å². The van der Waals surface area contributed by atoms with Crippen molar-refractivity contribution in [1.29, 1.82) is 0 Å². The van der Waals surface area contributed by atoms with Gasteiger partial charge in [0.1, 0.15) is 0 Å². The molecule has 2 atom stereocenters. The van der Waals surface area contributed by atoms with Gasteiger partial charge in [-0.25, -0.2) is 0 Å². The first-order valence-corrected chi connectivity index (χ1v) is 5.97. The molecule has 0 aliphatic carbocycles. The molecule has 4 N–H and O–H groups in total. The fraction of sp³-hybridized carbons (Fsp3) is 0.333. The van der Waals surface area contributed by atoms with Gasteiger partial charge in [-0.05, 0) is 12.5 Å². The SMILES string of the molecule is CC(C(N)c1ccccc1)P(=O)(O)O. The van der Waals surface area contributed by atoms with Gasteiger partial charge >= 0.3 is 7.60 Å². The molecule has 0 bridgehead atoms. The summed E-state index contributed by atoms with van der Waals surface area (Å²) in [7, 11) is -4.10. The lowest BCUT2D eigenvalue weighted by Crippen LogP contribution is -2.23. The predicted octanol–water partition coefficient (Wildman–Crippen LogP) is 1.25. The maximum atomic E-state index is 11.0. The van der Waals surface area contributed by atoms with Crippen LogP contribution in [0.2, 0.25) is 0 Å². The van der Waals surface area contributed by atoms with Crippen LogP contribution in [0.3, 0.4) is 0 Å². The fourth-order valence-electron chi connectivity index (χ4n) is 1.16. The van der Waals surface area contributed by atoms with Crippen LogP contribution in [-0.2, 0) is 4.57 Å². The van der Waals surface area contributed by atoms with E-state index in [0.717, 1.165) is 5.56 Å². The van der Waals surface area contributed by atoms with Crippen LogP contribution in [0.1, 0.15) is 18.5 Å². The minimum absolute atomic E-state index is 0.628. The zero-order chi connectivity index (χ0) is 10.8. The molecule has 0 saturated heterocycles. The van der Waals surface area contributed by atoms with E-state index < -0.39 is 19.3 Å². The third-order valence-electron chi connectivity index (χ3n) is 2.23. The van der Waals surface area contributed by atoms with E-state index in [9.17, 15) is 4.57 Å². The first-order valence-electron chi connectivity index (χ1n) is 4.28. The van der Waals surface area contributed by atoms with Crippen molar-refractivity contribution >= 4 is 7.60 Å². The smallest absolute Gasteiger partial charge is 0.324 e. The highest BCUT2D eigenvalue weighted by Crippen LogP contribution is 2.45. The Hall–Kier alpha value is -0.670. The summed E-state index contributed by atoms with van der Waals surface area (Å²) in [4.78, 5) is 17.9. The number of hydrogen-bond acceptors (Lipinski definition) is 2.